The first-order chi connectivity index (χ1) is 15.6. The second kappa shape index (κ2) is 9.11. The summed E-state index contributed by atoms with van der Waals surface area (Å²) in [5.41, 5.74) is -1.46. The molecule has 0 spiro atoms. The van der Waals surface area contributed by atoms with Crippen molar-refractivity contribution < 1.29 is 53.4 Å². The Morgan fingerprint density at radius 3 is 2.32 bits per heavy atom. The van der Waals surface area contributed by atoms with Crippen LogP contribution in [0.4, 0.5) is 30.7 Å². The highest BCUT2D eigenvalue weighted by molar-refractivity contribution is 7.87. The highest BCUT2D eigenvalue weighted by Crippen LogP contribution is 2.33. The normalized spacial score (nSPS) is 16.0. The van der Waals surface area contributed by atoms with Crippen LogP contribution in [0.1, 0.15) is 15.9 Å². The van der Waals surface area contributed by atoms with Crippen molar-refractivity contribution in [3.63, 3.8) is 0 Å². The van der Waals surface area contributed by atoms with E-state index < -0.39 is 81.6 Å². The van der Waals surface area contributed by atoms with E-state index in [0.29, 0.717) is 12.1 Å². The van der Waals surface area contributed by atoms with Crippen LogP contribution in [0.3, 0.4) is 0 Å². The van der Waals surface area contributed by atoms with Gasteiger partial charge in [-0.25, -0.2) is 22.3 Å². The number of hydrogen-bond acceptors (Lipinski definition) is 5. The van der Waals surface area contributed by atoms with Crippen LogP contribution in [-0.2, 0) is 16.8 Å². The van der Waals surface area contributed by atoms with Crippen LogP contribution >= 0.6 is 11.6 Å². The Kier molecular flexibility index (Phi) is 6.92. The van der Waals surface area contributed by atoms with E-state index in [9.17, 15) is 43.9 Å². The van der Waals surface area contributed by atoms with Gasteiger partial charge in [0.2, 0.25) is 0 Å². The molecule has 7 nitrogen and oxygen atoms in total. The molecule has 2 aromatic rings. The first kappa shape index (κ1) is 25.8. The van der Waals surface area contributed by atoms with Gasteiger partial charge in [-0.05, 0) is 24.3 Å². The van der Waals surface area contributed by atoms with Crippen LogP contribution < -0.4 is 14.2 Å². The average molecular weight is 537 g/mol. The van der Waals surface area contributed by atoms with E-state index in [-0.39, 0.29) is 10.1 Å². The van der Waals surface area contributed by atoms with E-state index in [1.807, 2.05) is 0 Å². The molecule has 0 unspecified atom stereocenters. The largest absolute Gasteiger partial charge is 0.573 e. The number of ether oxygens (including phenoxy) is 2. The van der Waals surface area contributed by atoms with E-state index in [1.54, 1.807) is 0 Å². The number of rotatable bonds is 7. The number of hydrogen-bond donors (Lipinski definition) is 1. The van der Waals surface area contributed by atoms with Crippen molar-refractivity contribution in [3.8, 4) is 11.5 Å². The Hall–Kier alpha value is -2.78. The molecule has 3 rings (SSSR count). The summed E-state index contributed by atoms with van der Waals surface area (Å²) in [6.07, 6.45) is -4.99. The fourth-order valence-electron chi connectivity index (χ4n) is 2.69. The topological polar surface area (TPSA) is 84.9 Å². The highest BCUT2D eigenvalue weighted by atomic mass is 35.5. The number of carbonyl (C=O) groups excluding carboxylic acids is 1. The lowest BCUT2D eigenvalue weighted by molar-refractivity contribution is -0.274. The maximum atomic E-state index is 14.3. The molecule has 186 valence electrons. The summed E-state index contributed by atoms with van der Waals surface area (Å²) in [7, 11) is -4.70. The Labute approximate surface area is 192 Å². The number of alkyl halides is 5. The zero-order chi connectivity index (χ0) is 25.5. The zero-order valence-electron chi connectivity index (χ0n) is 16.4. The van der Waals surface area contributed by atoms with Gasteiger partial charge in [0, 0.05) is 11.6 Å². The third-order valence-electron chi connectivity index (χ3n) is 4.28. The number of amides is 1. The van der Waals surface area contributed by atoms with Gasteiger partial charge in [-0.2, -0.15) is 12.7 Å². The van der Waals surface area contributed by atoms with Gasteiger partial charge < -0.3 is 9.47 Å². The minimum Gasteiger partial charge on any atom is -0.489 e. The molecule has 0 aromatic heterocycles. The number of carbonyl (C=O) groups is 1. The monoisotopic (exact) mass is 536 g/mol. The van der Waals surface area contributed by atoms with Crippen molar-refractivity contribution >= 4 is 27.7 Å². The van der Waals surface area contributed by atoms with Gasteiger partial charge in [0.1, 0.15) is 29.7 Å². The van der Waals surface area contributed by atoms with Crippen LogP contribution in [0.2, 0.25) is 5.02 Å². The van der Waals surface area contributed by atoms with Crippen molar-refractivity contribution in [2.75, 3.05) is 13.1 Å². The Morgan fingerprint density at radius 1 is 1.12 bits per heavy atom. The van der Waals surface area contributed by atoms with Crippen LogP contribution in [0.5, 0.6) is 11.5 Å². The molecule has 0 radical (unpaired) electrons. The van der Waals surface area contributed by atoms with Gasteiger partial charge in [0.05, 0.1) is 23.7 Å². The molecule has 34 heavy (non-hydrogen) atoms. The fraction of sp³-hybridized carbons (Fsp3) is 0.278. The Balaban J connectivity index is 1.67. The maximum Gasteiger partial charge on any atom is 0.573 e. The molecule has 2 aromatic carbocycles. The van der Waals surface area contributed by atoms with Crippen LogP contribution in [0, 0.1) is 11.6 Å². The molecule has 1 amide bonds. The molecule has 0 aliphatic carbocycles. The number of benzene rings is 2. The van der Waals surface area contributed by atoms with Crippen molar-refractivity contribution in [1.29, 1.82) is 0 Å². The van der Waals surface area contributed by atoms with E-state index >= 15 is 0 Å². The first-order valence-electron chi connectivity index (χ1n) is 8.92. The number of nitrogens with one attached hydrogen (secondary N) is 1. The second-order valence-corrected chi connectivity index (χ2v) is 8.99. The molecule has 1 fully saturated rings. The molecular weight excluding hydrogens is 525 g/mol. The van der Waals surface area contributed by atoms with Crippen LogP contribution in [0.15, 0.2) is 30.3 Å². The minimum absolute atomic E-state index is 0.126. The maximum absolute atomic E-state index is 14.3. The SMILES string of the molecule is O=C(NS(=O)(=O)N1CC(F)(F)C1)c1cc(F)c(COc2ccc(OC(F)(F)F)c(Cl)c2)cc1F. The van der Waals surface area contributed by atoms with Crippen molar-refractivity contribution in [1.82, 2.24) is 9.03 Å². The summed E-state index contributed by atoms with van der Waals surface area (Å²) in [5.74, 6) is -8.24. The summed E-state index contributed by atoms with van der Waals surface area (Å²) in [6.45, 7) is -2.99. The first-order valence-corrected chi connectivity index (χ1v) is 10.7. The standard InChI is InChI=1S/C18H12ClF7N2O5S/c19-12-4-10(1-2-15(12)33-18(24,25)26)32-6-9-3-14(21)11(5-13(9)20)16(29)27-34(30,31)28-7-17(22,23)8-28/h1-5H,6-8H2,(H,27,29). The van der Waals surface area contributed by atoms with Gasteiger partial charge in [0.25, 0.3) is 11.8 Å². The van der Waals surface area contributed by atoms with Crippen LogP contribution in [0.25, 0.3) is 0 Å². The Morgan fingerprint density at radius 2 is 1.76 bits per heavy atom. The molecule has 0 saturated carbocycles. The van der Waals surface area contributed by atoms with Crippen molar-refractivity contribution in [2.24, 2.45) is 0 Å². The summed E-state index contributed by atoms with van der Waals surface area (Å²) in [6, 6.07) is 3.69. The van der Waals surface area contributed by atoms with Gasteiger partial charge in [-0.15, -0.1) is 13.2 Å². The molecule has 1 N–H and O–H groups in total. The lowest BCUT2D eigenvalue weighted by atomic mass is 10.1. The van der Waals surface area contributed by atoms with E-state index in [0.717, 1.165) is 18.2 Å². The van der Waals surface area contributed by atoms with Gasteiger partial charge in [0.15, 0.2) is 0 Å². The van der Waals surface area contributed by atoms with Gasteiger partial charge in [-0.3, -0.25) is 4.79 Å². The Bertz CT molecular complexity index is 1220. The molecule has 1 aliphatic rings. The predicted octanol–water partition coefficient (Wildman–Crippen LogP) is 4.02. The van der Waals surface area contributed by atoms with Crippen molar-refractivity contribution in [3.05, 3.63) is 58.1 Å². The van der Waals surface area contributed by atoms with E-state index in [1.165, 1.54) is 4.72 Å². The quantitative estimate of drug-likeness (QED) is 0.541. The molecule has 0 atom stereocenters. The minimum atomic E-state index is -4.99. The number of nitrogens with zero attached hydrogens (tertiary/aromatic N) is 1. The summed E-state index contributed by atoms with van der Waals surface area (Å²) < 4.78 is 125. The summed E-state index contributed by atoms with van der Waals surface area (Å²) in [5, 5.41) is -0.477. The molecule has 0 bridgehead atoms. The van der Waals surface area contributed by atoms with Gasteiger partial charge in [-0.1, -0.05) is 11.6 Å². The molecule has 1 heterocycles. The summed E-state index contributed by atoms with van der Waals surface area (Å²) in [4.78, 5) is 12.0. The number of halogens is 8. The second-order valence-electron chi connectivity index (χ2n) is 6.91. The third-order valence-corrected chi connectivity index (χ3v) is 5.96. The summed E-state index contributed by atoms with van der Waals surface area (Å²) >= 11 is 5.66. The smallest absolute Gasteiger partial charge is 0.489 e. The molecule has 16 heteroatoms. The lowest BCUT2D eigenvalue weighted by Crippen LogP contribution is -2.61. The fourth-order valence-corrected chi connectivity index (χ4v) is 4.09. The average Bonchev–Trinajstić information content (AvgIpc) is 2.67. The van der Waals surface area contributed by atoms with E-state index in [4.69, 9.17) is 16.3 Å². The lowest BCUT2D eigenvalue weighted by Gasteiger charge is -2.37. The highest BCUT2D eigenvalue weighted by Gasteiger charge is 2.50. The zero-order valence-corrected chi connectivity index (χ0v) is 18.0. The van der Waals surface area contributed by atoms with E-state index in [2.05, 4.69) is 4.74 Å². The van der Waals surface area contributed by atoms with Gasteiger partial charge >= 0.3 is 16.6 Å². The predicted molar refractivity (Wildman–Crippen MR) is 102 cm³/mol. The molecular formula is C18H12ClF7N2O5S. The third kappa shape index (κ3) is 6.21. The van der Waals surface area contributed by atoms with Crippen LogP contribution in [-0.4, -0.2) is 44.0 Å². The molecule has 1 aliphatic heterocycles. The molecule has 1 saturated heterocycles. The van der Waals surface area contributed by atoms with Crippen molar-refractivity contribution in [2.45, 2.75) is 18.9 Å².